The van der Waals surface area contributed by atoms with Crippen molar-refractivity contribution in [3.63, 3.8) is 0 Å². The molecule has 9 heteroatoms. The van der Waals surface area contributed by atoms with Gasteiger partial charge in [0.05, 0.1) is 31.9 Å². The minimum absolute atomic E-state index is 0.209. The summed E-state index contributed by atoms with van der Waals surface area (Å²) in [5.41, 5.74) is 0.0637. The highest BCUT2D eigenvalue weighted by atomic mass is 16.6. The molecule has 0 fully saturated rings. The van der Waals surface area contributed by atoms with Crippen molar-refractivity contribution in [3.8, 4) is 17.2 Å². The Morgan fingerprint density at radius 3 is 2.52 bits per heavy atom. The van der Waals surface area contributed by atoms with Gasteiger partial charge in [0.1, 0.15) is 23.8 Å². The number of hydrogen-bond acceptors (Lipinski definition) is 7. The Labute approximate surface area is 190 Å². The molecule has 0 saturated carbocycles. The van der Waals surface area contributed by atoms with E-state index in [0.717, 1.165) is 0 Å². The SMILES string of the molecule is CCOC(=O)[C@@H](C)Oc1cccc2c(=O)n(CC(=O)Nc3cc(OC)ccc3OC)ccc12. The molecule has 3 aromatic rings. The Morgan fingerprint density at radius 1 is 1.03 bits per heavy atom. The Bertz CT molecular complexity index is 1220. The first-order valence-electron chi connectivity index (χ1n) is 10.3. The summed E-state index contributed by atoms with van der Waals surface area (Å²) in [7, 11) is 3.02. The van der Waals surface area contributed by atoms with Gasteiger partial charge in [0.25, 0.3) is 5.56 Å². The molecule has 0 radical (unpaired) electrons. The molecular formula is C24H26N2O7. The molecule has 9 nitrogen and oxygen atoms in total. The maximum absolute atomic E-state index is 13.0. The zero-order valence-corrected chi connectivity index (χ0v) is 18.9. The van der Waals surface area contributed by atoms with E-state index >= 15 is 0 Å². The van der Waals surface area contributed by atoms with Gasteiger partial charge >= 0.3 is 5.97 Å². The summed E-state index contributed by atoms with van der Waals surface area (Å²) in [6.07, 6.45) is 0.677. The van der Waals surface area contributed by atoms with Crippen molar-refractivity contribution in [2.45, 2.75) is 26.5 Å². The summed E-state index contributed by atoms with van der Waals surface area (Å²) >= 11 is 0. The summed E-state index contributed by atoms with van der Waals surface area (Å²) < 4.78 is 22.4. The van der Waals surface area contributed by atoms with Crippen molar-refractivity contribution in [1.29, 1.82) is 0 Å². The van der Waals surface area contributed by atoms with Gasteiger partial charge in [-0.15, -0.1) is 0 Å². The number of pyridine rings is 1. The number of methoxy groups -OCH3 is 2. The van der Waals surface area contributed by atoms with Crippen LogP contribution in [0.2, 0.25) is 0 Å². The van der Waals surface area contributed by atoms with Gasteiger partial charge in [0.15, 0.2) is 6.10 Å². The number of nitrogens with one attached hydrogen (secondary N) is 1. The number of benzene rings is 2. The number of anilines is 1. The lowest BCUT2D eigenvalue weighted by molar-refractivity contribution is -0.150. The van der Waals surface area contributed by atoms with Crippen LogP contribution >= 0.6 is 0 Å². The van der Waals surface area contributed by atoms with Crippen LogP contribution < -0.4 is 25.1 Å². The summed E-state index contributed by atoms with van der Waals surface area (Å²) in [5, 5.41) is 3.63. The summed E-state index contributed by atoms with van der Waals surface area (Å²) in [5.74, 6) is 0.493. The van der Waals surface area contributed by atoms with Crippen molar-refractivity contribution >= 4 is 28.3 Å². The zero-order chi connectivity index (χ0) is 24.0. The second kappa shape index (κ2) is 10.5. The molecule has 0 unspecified atom stereocenters. The molecule has 0 aliphatic rings. The number of esters is 1. The van der Waals surface area contributed by atoms with Gasteiger partial charge in [-0.1, -0.05) is 6.07 Å². The second-order valence-corrected chi connectivity index (χ2v) is 7.09. The molecule has 1 amide bonds. The monoisotopic (exact) mass is 454 g/mol. The van der Waals surface area contributed by atoms with Gasteiger partial charge in [0, 0.05) is 17.6 Å². The lowest BCUT2D eigenvalue weighted by atomic mass is 10.1. The number of carbonyl (C=O) groups excluding carboxylic acids is 2. The highest BCUT2D eigenvalue weighted by Gasteiger charge is 2.18. The van der Waals surface area contributed by atoms with Crippen LogP contribution in [0.25, 0.3) is 10.8 Å². The van der Waals surface area contributed by atoms with E-state index in [4.69, 9.17) is 18.9 Å². The molecule has 0 spiro atoms. The first-order chi connectivity index (χ1) is 15.9. The smallest absolute Gasteiger partial charge is 0.347 e. The van der Waals surface area contributed by atoms with E-state index in [0.29, 0.717) is 33.7 Å². The normalized spacial score (nSPS) is 11.5. The predicted molar refractivity (Wildman–Crippen MR) is 123 cm³/mol. The van der Waals surface area contributed by atoms with Gasteiger partial charge in [0.2, 0.25) is 5.91 Å². The average Bonchev–Trinajstić information content (AvgIpc) is 2.81. The standard InChI is InChI=1S/C24H26N2O7/c1-5-32-24(29)15(2)33-20-8-6-7-18-17(20)11-12-26(23(18)28)14-22(27)25-19-13-16(30-3)9-10-21(19)31-4/h6-13,15H,5,14H2,1-4H3,(H,25,27)/t15-/m1/s1. The van der Waals surface area contributed by atoms with Gasteiger partial charge in [-0.2, -0.15) is 0 Å². The van der Waals surface area contributed by atoms with Gasteiger partial charge in [-0.3, -0.25) is 9.59 Å². The molecule has 3 rings (SSSR count). The Balaban J connectivity index is 1.83. The number of rotatable bonds is 9. The first kappa shape index (κ1) is 23.6. The van der Waals surface area contributed by atoms with Crippen LogP contribution in [0.5, 0.6) is 17.2 Å². The zero-order valence-electron chi connectivity index (χ0n) is 18.9. The molecule has 0 aliphatic carbocycles. The van der Waals surface area contributed by atoms with Crippen LogP contribution in [0.1, 0.15) is 13.8 Å². The molecule has 1 atom stereocenters. The first-order valence-corrected chi connectivity index (χ1v) is 10.3. The van der Waals surface area contributed by atoms with Crippen molar-refractivity contribution in [1.82, 2.24) is 4.57 Å². The predicted octanol–water partition coefficient (Wildman–Crippen LogP) is 2.99. The fourth-order valence-corrected chi connectivity index (χ4v) is 3.27. The minimum atomic E-state index is -0.832. The Morgan fingerprint density at radius 2 is 1.82 bits per heavy atom. The third kappa shape index (κ3) is 5.43. The average molecular weight is 454 g/mol. The van der Waals surface area contributed by atoms with E-state index in [2.05, 4.69) is 5.32 Å². The van der Waals surface area contributed by atoms with E-state index in [1.54, 1.807) is 56.3 Å². The summed E-state index contributed by atoms with van der Waals surface area (Å²) in [6.45, 7) is 3.33. The van der Waals surface area contributed by atoms with Gasteiger partial charge in [-0.25, -0.2) is 4.79 Å². The fraction of sp³-hybridized carbons (Fsp3) is 0.292. The van der Waals surface area contributed by atoms with Crippen LogP contribution in [0.3, 0.4) is 0 Å². The quantitative estimate of drug-likeness (QED) is 0.496. The van der Waals surface area contributed by atoms with E-state index in [-0.39, 0.29) is 18.7 Å². The largest absolute Gasteiger partial charge is 0.497 e. The minimum Gasteiger partial charge on any atom is -0.497 e. The maximum Gasteiger partial charge on any atom is 0.347 e. The van der Waals surface area contributed by atoms with Gasteiger partial charge in [-0.05, 0) is 44.2 Å². The number of aromatic nitrogens is 1. The van der Waals surface area contributed by atoms with Gasteiger partial charge < -0.3 is 28.8 Å². The molecule has 0 aliphatic heterocycles. The Hall–Kier alpha value is -4.01. The Kier molecular flexibility index (Phi) is 7.55. The molecule has 33 heavy (non-hydrogen) atoms. The number of hydrogen-bond donors (Lipinski definition) is 1. The second-order valence-electron chi connectivity index (χ2n) is 7.09. The van der Waals surface area contributed by atoms with Crippen LogP contribution in [-0.4, -0.2) is 43.4 Å². The number of nitrogens with zero attached hydrogens (tertiary/aromatic N) is 1. The van der Waals surface area contributed by atoms with E-state index in [1.807, 2.05) is 0 Å². The fourth-order valence-electron chi connectivity index (χ4n) is 3.27. The molecule has 174 valence electrons. The van der Waals surface area contributed by atoms with Crippen LogP contribution in [0.15, 0.2) is 53.5 Å². The maximum atomic E-state index is 13.0. The van der Waals surface area contributed by atoms with E-state index in [9.17, 15) is 14.4 Å². The van der Waals surface area contributed by atoms with Crippen LogP contribution in [-0.2, 0) is 20.9 Å². The number of carbonyl (C=O) groups is 2. The van der Waals surface area contributed by atoms with E-state index < -0.39 is 18.0 Å². The van der Waals surface area contributed by atoms with Crippen LogP contribution in [0, 0.1) is 0 Å². The van der Waals surface area contributed by atoms with Crippen molar-refractivity contribution in [3.05, 3.63) is 59.0 Å². The molecule has 1 aromatic heterocycles. The molecule has 1 heterocycles. The highest BCUT2D eigenvalue weighted by Crippen LogP contribution is 2.29. The molecular weight excluding hydrogens is 428 g/mol. The third-order valence-corrected chi connectivity index (χ3v) is 4.90. The van der Waals surface area contributed by atoms with Crippen molar-refractivity contribution in [2.24, 2.45) is 0 Å². The third-order valence-electron chi connectivity index (χ3n) is 4.90. The van der Waals surface area contributed by atoms with Crippen LogP contribution in [0.4, 0.5) is 5.69 Å². The molecule has 0 saturated heterocycles. The molecule has 2 aromatic carbocycles. The number of ether oxygens (including phenoxy) is 4. The number of fused-ring (bicyclic) bond motifs is 1. The van der Waals surface area contributed by atoms with E-state index in [1.165, 1.54) is 25.0 Å². The lowest BCUT2D eigenvalue weighted by Gasteiger charge is -2.16. The highest BCUT2D eigenvalue weighted by molar-refractivity contribution is 5.93. The topological polar surface area (TPSA) is 105 Å². The number of amides is 1. The lowest BCUT2D eigenvalue weighted by Crippen LogP contribution is -2.28. The molecule has 1 N–H and O–H groups in total. The summed E-state index contributed by atoms with van der Waals surface area (Å²) in [4.78, 5) is 37.5. The van der Waals surface area contributed by atoms with Crippen molar-refractivity contribution < 1.29 is 28.5 Å². The van der Waals surface area contributed by atoms with Crippen molar-refractivity contribution in [2.75, 3.05) is 26.1 Å². The summed E-state index contributed by atoms with van der Waals surface area (Å²) in [6, 6.07) is 11.7. The molecule has 0 bridgehead atoms.